The van der Waals surface area contributed by atoms with Gasteiger partial charge in [0.15, 0.2) is 5.41 Å². The van der Waals surface area contributed by atoms with Crippen LogP contribution in [-0.4, -0.2) is 34.7 Å². The topological polar surface area (TPSA) is 57.7 Å². The van der Waals surface area contributed by atoms with Crippen LogP contribution in [0.15, 0.2) is 60.7 Å². The lowest BCUT2D eigenvalue weighted by Gasteiger charge is -2.41. The molecule has 4 amide bonds. The van der Waals surface area contributed by atoms with Gasteiger partial charge in [0.25, 0.3) is 5.91 Å². The minimum Gasteiger partial charge on any atom is -0.273 e. The van der Waals surface area contributed by atoms with Crippen LogP contribution in [0, 0.1) is 0 Å². The average Bonchev–Trinajstić information content (AvgIpc) is 2.63. The molecule has 0 bridgehead atoms. The second-order valence-corrected chi connectivity index (χ2v) is 6.01. The maximum Gasteiger partial charge on any atom is 0.333 e. The van der Waals surface area contributed by atoms with Crippen molar-refractivity contribution >= 4 is 17.8 Å². The number of nitrogens with zero attached hydrogens (tertiary/aromatic N) is 2. The number of amides is 4. The quantitative estimate of drug-likeness (QED) is 0.816. The summed E-state index contributed by atoms with van der Waals surface area (Å²) in [5, 5.41) is 0. The maximum absolute atomic E-state index is 13.1. The Kier molecular flexibility index (Phi) is 3.93. The van der Waals surface area contributed by atoms with Crippen LogP contribution in [0.5, 0.6) is 0 Å². The van der Waals surface area contributed by atoms with Crippen molar-refractivity contribution in [1.29, 1.82) is 0 Å². The SMILES string of the molecule is CN1C(=O)N(Cc2ccccc2)C(=O)C(C)(c2ccccc2)C1=O. The number of carbonyl (C=O) groups excluding carboxylic acids is 3. The molecule has 2 aromatic rings. The van der Waals surface area contributed by atoms with Crippen molar-refractivity contribution < 1.29 is 14.4 Å². The van der Waals surface area contributed by atoms with Crippen LogP contribution in [0.1, 0.15) is 18.1 Å². The molecule has 5 nitrogen and oxygen atoms in total. The van der Waals surface area contributed by atoms with E-state index in [0.29, 0.717) is 5.56 Å². The molecule has 0 saturated carbocycles. The van der Waals surface area contributed by atoms with Crippen LogP contribution in [0.2, 0.25) is 0 Å². The fraction of sp³-hybridized carbons (Fsp3) is 0.211. The van der Waals surface area contributed by atoms with Crippen LogP contribution in [-0.2, 0) is 21.5 Å². The Morgan fingerprint density at radius 1 is 0.833 bits per heavy atom. The van der Waals surface area contributed by atoms with Crippen molar-refractivity contribution in [2.75, 3.05) is 7.05 Å². The van der Waals surface area contributed by atoms with Gasteiger partial charge in [-0.25, -0.2) is 4.79 Å². The van der Waals surface area contributed by atoms with Crippen molar-refractivity contribution in [3.05, 3.63) is 71.8 Å². The van der Waals surface area contributed by atoms with Crippen LogP contribution in [0.25, 0.3) is 0 Å². The number of rotatable bonds is 3. The standard InChI is InChI=1S/C19H18N2O3/c1-19(15-11-7-4-8-12-15)16(22)20(2)18(24)21(17(19)23)13-14-9-5-3-6-10-14/h3-12H,13H2,1-2H3. The van der Waals surface area contributed by atoms with Crippen LogP contribution < -0.4 is 0 Å². The molecule has 1 aliphatic heterocycles. The highest BCUT2D eigenvalue weighted by molar-refractivity contribution is 6.22. The third-order valence-corrected chi connectivity index (χ3v) is 4.46. The third-order valence-electron chi connectivity index (χ3n) is 4.46. The Balaban J connectivity index is 2.03. The molecule has 0 radical (unpaired) electrons. The minimum absolute atomic E-state index is 0.137. The second kappa shape index (κ2) is 5.92. The zero-order chi connectivity index (χ0) is 17.3. The van der Waals surface area contributed by atoms with Gasteiger partial charge in [-0.1, -0.05) is 60.7 Å². The molecule has 0 aliphatic carbocycles. The third kappa shape index (κ3) is 2.38. The van der Waals surface area contributed by atoms with E-state index >= 15 is 0 Å². The number of hydrogen-bond donors (Lipinski definition) is 0. The number of benzene rings is 2. The highest BCUT2D eigenvalue weighted by atomic mass is 16.2. The molecule has 24 heavy (non-hydrogen) atoms. The van der Waals surface area contributed by atoms with E-state index in [2.05, 4.69) is 0 Å². The lowest BCUT2D eigenvalue weighted by molar-refractivity contribution is -0.150. The predicted octanol–water partition coefficient (Wildman–Crippen LogP) is 2.57. The Labute approximate surface area is 140 Å². The molecule has 1 heterocycles. The lowest BCUT2D eigenvalue weighted by Crippen LogP contribution is -2.64. The van der Waals surface area contributed by atoms with Crippen molar-refractivity contribution in [2.45, 2.75) is 18.9 Å². The van der Waals surface area contributed by atoms with E-state index in [9.17, 15) is 14.4 Å². The van der Waals surface area contributed by atoms with E-state index in [4.69, 9.17) is 0 Å². The van der Waals surface area contributed by atoms with Crippen LogP contribution >= 0.6 is 0 Å². The smallest absolute Gasteiger partial charge is 0.273 e. The largest absolute Gasteiger partial charge is 0.333 e. The zero-order valence-electron chi connectivity index (χ0n) is 13.6. The average molecular weight is 322 g/mol. The molecule has 0 N–H and O–H groups in total. The Hall–Kier alpha value is -2.95. The predicted molar refractivity (Wildman–Crippen MR) is 89.0 cm³/mol. The Morgan fingerprint density at radius 2 is 1.38 bits per heavy atom. The first-order chi connectivity index (χ1) is 11.5. The van der Waals surface area contributed by atoms with Crippen LogP contribution in [0.3, 0.4) is 0 Å². The Bertz CT molecular complexity index is 789. The zero-order valence-corrected chi connectivity index (χ0v) is 13.6. The van der Waals surface area contributed by atoms with Crippen molar-refractivity contribution in [2.24, 2.45) is 0 Å². The number of barbiturate groups is 1. The summed E-state index contributed by atoms with van der Waals surface area (Å²) in [5.41, 5.74) is 0.00776. The first-order valence-electron chi connectivity index (χ1n) is 7.70. The van der Waals surface area contributed by atoms with E-state index in [1.807, 2.05) is 36.4 Å². The molecule has 1 aliphatic rings. The fourth-order valence-corrected chi connectivity index (χ4v) is 2.98. The van der Waals surface area contributed by atoms with Gasteiger partial charge in [0.1, 0.15) is 0 Å². The van der Waals surface area contributed by atoms with Crippen molar-refractivity contribution in [1.82, 2.24) is 9.80 Å². The monoisotopic (exact) mass is 322 g/mol. The molecule has 3 rings (SSSR count). The van der Waals surface area contributed by atoms with Crippen LogP contribution in [0.4, 0.5) is 4.79 Å². The fourth-order valence-electron chi connectivity index (χ4n) is 2.98. The van der Waals surface area contributed by atoms with E-state index in [1.165, 1.54) is 7.05 Å². The molecular weight excluding hydrogens is 304 g/mol. The van der Waals surface area contributed by atoms with E-state index in [1.54, 1.807) is 31.2 Å². The minimum atomic E-state index is -1.40. The summed E-state index contributed by atoms with van der Waals surface area (Å²) in [6.07, 6.45) is 0. The van der Waals surface area contributed by atoms with Gasteiger partial charge >= 0.3 is 6.03 Å². The highest BCUT2D eigenvalue weighted by Crippen LogP contribution is 2.33. The molecule has 0 spiro atoms. The second-order valence-electron chi connectivity index (χ2n) is 6.01. The van der Waals surface area contributed by atoms with Gasteiger partial charge in [-0.3, -0.25) is 19.4 Å². The number of urea groups is 1. The Morgan fingerprint density at radius 3 is 1.96 bits per heavy atom. The lowest BCUT2D eigenvalue weighted by atomic mass is 9.78. The number of hydrogen-bond acceptors (Lipinski definition) is 3. The van der Waals surface area contributed by atoms with Gasteiger partial charge in [-0.05, 0) is 18.1 Å². The molecule has 1 fully saturated rings. The molecule has 0 aromatic heterocycles. The highest BCUT2D eigenvalue weighted by Gasteiger charge is 2.54. The van der Waals surface area contributed by atoms with Gasteiger partial charge in [0.05, 0.1) is 6.54 Å². The van der Waals surface area contributed by atoms with Crippen molar-refractivity contribution in [3.63, 3.8) is 0 Å². The summed E-state index contributed by atoms with van der Waals surface area (Å²) in [6, 6.07) is 17.5. The molecule has 1 atom stereocenters. The number of imide groups is 2. The summed E-state index contributed by atoms with van der Waals surface area (Å²) in [5.74, 6) is -1.00. The molecule has 5 heteroatoms. The van der Waals surface area contributed by atoms with E-state index in [-0.39, 0.29) is 6.54 Å². The molecular formula is C19H18N2O3. The van der Waals surface area contributed by atoms with Gasteiger partial charge in [-0.2, -0.15) is 0 Å². The first kappa shape index (κ1) is 15.9. The molecule has 1 unspecified atom stereocenters. The van der Waals surface area contributed by atoms with Gasteiger partial charge < -0.3 is 0 Å². The number of carbonyl (C=O) groups is 3. The first-order valence-corrected chi connectivity index (χ1v) is 7.70. The molecule has 122 valence electrons. The van der Waals surface area contributed by atoms with E-state index < -0.39 is 23.3 Å². The summed E-state index contributed by atoms with van der Waals surface area (Å²) in [7, 11) is 1.41. The normalized spacial score (nSPS) is 21.3. The summed E-state index contributed by atoms with van der Waals surface area (Å²) < 4.78 is 0. The van der Waals surface area contributed by atoms with Crippen molar-refractivity contribution in [3.8, 4) is 0 Å². The summed E-state index contributed by atoms with van der Waals surface area (Å²) in [4.78, 5) is 40.4. The summed E-state index contributed by atoms with van der Waals surface area (Å²) in [6.45, 7) is 1.71. The van der Waals surface area contributed by atoms with Gasteiger partial charge in [0.2, 0.25) is 5.91 Å². The number of likely N-dealkylation sites (N-methyl/N-ethyl adjacent to an activating group) is 1. The summed E-state index contributed by atoms with van der Waals surface area (Å²) >= 11 is 0. The molecule has 1 saturated heterocycles. The molecule has 2 aromatic carbocycles. The van der Waals surface area contributed by atoms with Gasteiger partial charge in [0, 0.05) is 7.05 Å². The van der Waals surface area contributed by atoms with E-state index in [0.717, 1.165) is 15.4 Å². The maximum atomic E-state index is 13.1. The van der Waals surface area contributed by atoms with Gasteiger partial charge in [-0.15, -0.1) is 0 Å².